The number of phenolic OH excluding ortho intramolecular Hbond substituents is 1. The van der Waals surface area contributed by atoms with Crippen LogP contribution in [0.25, 0.3) is 0 Å². The Kier molecular flexibility index (Phi) is 6.61. The number of piperazine rings is 1. The fourth-order valence-electron chi connectivity index (χ4n) is 3.49. The Hall–Kier alpha value is -2.98. The Bertz CT molecular complexity index is 972. The van der Waals surface area contributed by atoms with Crippen LogP contribution in [-0.4, -0.2) is 60.3 Å². The molecule has 2 N–H and O–H groups in total. The molecule has 1 aliphatic rings. The third-order valence-corrected chi connectivity index (χ3v) is 5.21. The molecule has 6 nitrogen and oxygen atoms in total. The van der Waals surface area contributed by atoms with Gasteiger partial charge in [0.05, 0.1) is 5.56 Å². The van der Waals surface area contributed by atoms with Gasteiger partial charge in [0.25, 0.3) is 5.91 Å². The second-order valence-electron chi connectivity index (χ2n) is 7.32. The average molecular weight is 439 g/mol. The summed E-state index contributed by atoms with van der Waals surface area (Å²) < 4.78 is 56.7. The smallest absolute Gasteiger partial charge is 0.420 e. The van der Waals surface area contributed by atoms with Gasteiger partial charge in [-0.1, -0.05) is 18.2 Å². The molecule has 2 aromatic rings. The highest BCUT2D eigenvalue weighted by Gasteiger charge is 2.41. The van der Waals surface area contributed by atoms with Crippen LogP contribution >= 0.6 is 0 Å². The summed E-state index contributed by atoms with van der Waals surface area (Å²) in [5.41, 5.74) is -4.06. The molecule has 2 aromatic carbocycles. The lowest BCUT2D eigenvalue weighted by Gasteiger charge is -2.33. The minimum Gasteiger partial charge on any atom is -0.505 e. The molecule has 10 heteroatoms. The summed E-state index contributed by atoms with van der Waals surface area (Å²) in [5, 5.41) is 12.3. The topological polar surface area (TPSA) is 72.9 Å². The first-order valence-corrected chi connectivity index (χ1v) is 9.50. The van der Waals surface area contributed by atoms with Crippen LogP contribution in [0.1, 0.15) is 31.8 Å². The number of rotatable bonds is 5. The van der Waals surface area contributed by atoms with Gasteiger partial charge in [-0.05, 0) is 24.7 Å². The van der Waals surface area contributed by atoms with E-state index in [1.807, 2.05) is 17.3 Å². The molecule has 1 aliphatic heterocycles. The van der Waals surface area contributed by atoms with Crippen molar-refractivity contribution in [3.63, 3.8) is 0 Å². The van der Waals surface area contributed by atoms with Crippen LogP contribution in [0, 0.1) is 5.82 Å². The van der Waals surface area contributed by atoms with E-state index in [1.165, 1.54) is 24.3 Å². The van der Waals surface area contributed by atoms with E-state index in [-0.39, 0.29) is 18.4 Å². The van der Waals surface area contributed by atoms with Crippen LogP contribution in [0.5, 0.6) is 5.75 Å². The Morgan fingerprint density at radius 1 is 1.16 bits per heavy atom. The van der Waals surface area contributed by atoms with Crippen LogP contribution in [0.3, 0.4) is 0 Å². The zero-order valence-electron chi connectivity index (χ0n) is 16.7. The fourth-order valence-corrected chi connectivity index (χ4v) is 3.49. The summed E-state index contributed by atoms with van der Waals surface area (Å²) in [6.45, 7) is 1.66. The number of hydrogen-bond donors (Lipinski definition) is 2. The van der Waals surface area contributed by atoms with Crippen molar-refractivity contribution >= 4 is 17.9 Å². The molecule has 0 radical (unpaired) electrons. The quantitative estimate of drug-likeness (QED) is 0.425. The maximum atomic E-state index is 15.1. The Labute approximate surface area is 176 Å². The molecule has 0 aromatic heterocycles. The van der Waals surface area contributed by atoms with Crippen LogP contribution in [-0.2, 0) is 12.7 Å². The molecule has 1 heterocycles. The number of halogens is 4. The minimum atomic E-state index is -5.08. The van der Waals surface area contributed by atoms with E-state index in [1.54, 1.807) is 11.0 Å². The minimum absolute atomic E-state index is 0.0202. The lowest BCUT2D eigenvalue weighted by atomic mass is 9.96. The van der Waals surface area contributed by atoms with E-state index in [4.69, 9.17) is 0 Å². The highest BCUT2D eigenvalue weighted by atomic mass is 19.4. The van der Waals surface area contributed by atoms with E-state index in [2.05, 4.69) is 0 Å². The van der Waals surface area contributed by atoms with Gasteiger partial charge in [0.1, 0.15) is 11.3 Å². The number of anilines is 1. The van der Waals surface area contributed by atoms with Crippen LogP contribution in [0.4, 0.5) is 23.2 Å². The standard InChI is InChI=1S/C21H21F4N3O3/c1-27-7-9-28(10-8-27)11-14-15(12-29)17(22)18(19(30)16(14)21(23,24)25)26-20(31)13-5-3-2-4-6-13/h2-6,12,30H,7-11H2,1H3,(H,26,31). The molecule has 0 bridgehead atoms. The first-order valence-electron chi connectivity index (χ1n) is 9.50. The summed E-state index contributed by atoms with van der Waals surface area (Å²) in [6.07, 6.45) is -5.10. The number of benzene rings is 2. The lowest BCUT2D eigenvalue weighted by molar-refractivity contribution is -0.139. The number of carbonyl (C=O) groups is 2. The number of likely N-dealkylation sites (N-methyl/N-ethyl adjacent to an activating group) is 1. The summed E-state index contributed by atoms with van der Waals surface area (Å²) in [4.78, 5) is 27.6. The van der Waals surface area contributed by atoms with Crippen molar-refractivity contribution in [1.82, 2.24) is 9.80 Å². The normalized spacial score (nSPS) is 15.6. The monoisotopic (exact) mass is 439 g/mol. The third-order valence-electron chi connectivity index (χ3n) is 5.21. The number of aromatic hydroxyl groups is 1. The number of phenols is 1. The van der Waals surface area contributed by atoms with E-state index >= 15 is 4.39 Å². The molecule has 1 amide bonds. The molecule has 0 unspecified atom stereocenters. The Morgan fingerprint density at radius 2 is 1.77 bits per heavy atom. The van der Waals surface area contributed by atoms with Crippen molar-refractivity contribution in [2.45, 2.75) is 12.7 Å². The predicted octanol–water partition coefficient (Wildman–Crippen LogP) is 3.36. The Balaban J connectivity index is 2.08. The molecule has 1 fully saturated rings. The SMILES string of the molecule is CN1CCN(Cc2c(C=O)c(F)c(NC(=O)c3ccccc3)c(O)c2C(F)(F)F)CC1. The molecule has 0 aliphatic carbocycles. The van der Waals surface area contributed by atoms with Gasteiger partial charge in [-0.15, -0.1) is 0 Å². The van der Waals surface area contributed by atoms with Gasteiger partial charge >= 0.3 is 6.18 Å². The van der Waals surface area contributed by atoms with Gasteiger partial charge in [0.2, 0.25) is 0 Å². The molecule has 166 valence electrons. The van der Waals surface area contributed by atoms with E-state index in [9.17, 15) is 27.9 Å². The molecular formula is C21H21F4N3O3. The summed E-state index contributed by atoms with van der Waals surface area (Å²) in [5.74, 6) is -3.79. The number of alkyl halides is 3. The van der Waals surface area contributed by atoms with Gasteiger partial charge in [0, 0.05) is 38.3 Å². The third kappa shape index (κ3) is 4.86. The number of hydrogen-bond acceptors (Lipinski definition) is 5. The Morgan fingerprint density at radius 3 is 2.32 bits per heavy atom. The van der Waals surface area contributed by atoms with Gasteiger partial charge in [-0.3, -0.25) is 14.5 Å². The van der Waals surface area contributed by atoms with Crippen molar-refractivity contribution in [2.24, 2.45) is 0 Å². The maximum Gasteiger partial charge on any atom is 0.420 e. The van der Waals surface area contributed by atoms with E-state index < -0.39 is 46.0 Å². The molecule has 1 saturated heterocycles. The molecule has 0 saturated carbocycles. The van der Waals surface area contributed by atoms with Crippen LogP contribution in [0.2, 0.25) is 0 Å². The number of nitrogens with one attached hydrogen (secondary N) is 1. The highest BCUT2D eigenvalue weighted by Crippen LogP contribution is 2.45. The van der Waals surface area contributed by atoms with Crippen LogP contribution in [0.15, 0.2) is 30.3 Å². The average Bonchev–Trinajstić information content (AvgIpc) is 2.72. The second-order valence-corrected chi connectivity index (χ2v) is 7.32. The van der Waals surface area contributed by atoms with Gasteiger partial charge in [-0.25, -0.2) is 4.39 Å². The number of amides is 1. The van der Waals surface area contributed by atoms with E-state index in [0.717, 1.165) is 0 Å². The van der Waals surface area contributed by atoms with Crippen molar-refractivity contribution in [2.75, 3.05) is 38.5 Å². The maximum absolute atomic E-state index is 15.1. The van der Waals surface area contributed by atoms with Crippen molar-refractivity contribution in [3.8, 4) is 5.75 Å². The zero-order valence-corrected chi connectivity index (χ0v) is 16.7. The molecule has 3 rings (SSSR count). The van der Waals surface area contributed by atoms with Crippen LogP contribution < -0.4 is 5.32 Å². The van der Waals surface area contributed by atoms with Gasteiger partial charge in [0.15, 0.2) is 17.9 Å². The number of nitrogens with zero attached hydrogens (tertiary/aromatic N) is 2. The fraction of sp³-hybridized carbons (Fsp3) is 0.333. The summed E-state index contributed by atoms with van der Waals surface area (Å²) in [6, 6.07) is 7.40. The van der Waals surface area contributed by atoms with Gasteiger partial charge in [-0.2, -0.15) is 13.2 Å². The first-order chi connectivity index (χ1) is 14.6. The summed E-state index contributed by atoms with van der Waals surface area (Å²) in [7, 11) is 1.87. The van der Waals surface area contributed by atoms with Gasteiger partial charge < -0.3 is 15.3 Å². The second kappa shape index (κ2) is 9.03. The number of carbonyl (C=O) groups excluding carboxylic acids is 2. The molecule has 31 heavy (non-hydrogen) atoms. The molecular weight excluding hydrogens is 418 g/mol. The largest absolute Gasteiger partial charge is 0.505 e. The van der Waals surface area contributed by atoms with Crippen molar-refractivity contribution in [1.29, 1.82) is 0 Å². The highest BCUT2D eigenvalue weighted by molar-refractivity contribution is 6.05. The summed E-state index contributed by atoms with van der Waals surface area (Å²) >= 11 is 0. The lowest BCUT2D eigenvalue weighted by Crippen LogP contribution is -2.44. The zero-order chi connectivity index (χ0) is 22.8. The van der Waals surface area contributed by atoms with Crippen molar-refractivity contribution in [3.05, 3.63) is 58.4 Å². The first kappa shape index (κ1) is 22.7. The van der Waals surface area contributed by atoms with E-state index in [0.29, 0.717) is 26.2 Å². The predicted molar refractivity (Wildman–Crippen MR) is 106 cm³/mol. The van der Waals surface area contributed by atoms with Crippen molar-refractivity contribution < 1.29 is 32.3 Å². The molecule has 0 spiro atoms. The molecule has 0 atom stereocenters. The number of aldehydes is 1.